The molecule has 1 aliphatic rings. The lowest BCUT2D eigenvalue weighted by atomic mass is 10.2. The topological polar surface area (TPSA) is 120 Å². The number of carboxylic acids is 1. The first kappa shape index (κ1) is 16.7. The Hall–Kier alpha value is -2.68. The molecule has 0 radical (unpaired) electrons. The van der Waals surface area contributed by atoms with Crippen LogP contribution >= 0.6 is 11.8 Å². The van der Waals surface area contributed by atoms with E-state index in [-0.39, 0.29) is 23.4 Å². The van der Waals surface area contributed by atoms with Crippen LogP contribution in [0.2, 0.25) is 0 Å². The van der Waals surface area contributed by atoms with E-state index in [2.05, 4.69) is 20.8 Å². The third-order valence-electron chi connectivity index (χ3n) is 2.72. The van der Waals surface area contributed by atoms with E-state index in [1.54, 1.807) is 24.3 Å². The molecule has 1 heterocycles. The molecule has 1 unspecified atom stereocenters. The number of nitrogens with zero attached hydrogens (tertiary/aromatic N) is 2. The summed E-state index contributed by atoms with van der Waals surface area (Å²) in [6.07, 6.45) is 1.23. The minimum atomic E-state index is -1.04. The summed E-state index contributed by atoms with van der Waals surface area (Å²) in [5, 5.41) is 21.1. The van der Waals surface area contributed by atoms with Gasteiger partial charge in [-0.15, -0.1) is 5.10 Å². The molecule has 3 N–H and O–H groups in total. The van der Waals surface area contributed by atoms with Gasteiger partial charge in [0, 0.05) is 12.6 Å². The van der Waals surface area contributed by atoms with E-state index in [0.717, 1.165) is 17.3 Å². The number of anilines is 1. The molecule has 8 nitrogen and oxygen atoms in total. The van der Waals surface area contributed by atoms with Crippen LogP contribution < -0.4 is 10.6 Å². The summed E-state index contributed by atoms with van der Waals surface area (Å²) in [4.78, 5) is 33.0. The summed E-state index contributed by atoms with van der Waals surface area (Å²) < 4.78 is 0. The zero-order chi connectivity index (χ0) is 16.8. The highest BCUT2D eigenvalue weighted by molar-refractivity contribution is 8.15. The van der Waals surface area contributed by atoms with Crippen molar-refractivity contribution >= 4 is 46.6 Å². The maximum atomic E-state index is 11.5. The Labute approximate surface area is 136 Å². The van der Waals surface area contributed by atoms with Crippen LogP contribution in [0.25, 0.3) is 0 Å². The third kappa shape index (κ3) is 5.22. The average molecular weight is 334 g/mol. The van der Waals surface area contributed by atoms with Crippen LogP contribution in [0.5, 0.6) is 0 Å². The molecule has 0 spiro atoms. The van der Waals surface area contributed by atoms with E-state index in [0.29, 0.717) is 5.69 Å². The molecular weight excluding hydrogens is 320 g/mol. The van der Waals surface area contributed by atoms with E-state index in [1.165, 1.54) is 13.1 Å². The van der Waals surface area contributed by atoms with Crippen LogP contribution in [0.4, 0.5) is 5.69 Å². The summed E-state index contributed by atoms with van der Waals surface area (Å²) in [5.74, 6) is -1.57. The molecule has 1 aliphatic heterocycles. The van der Waals surface area contributed by atoms with E-state index >= 15 is 0 Å². The molecule has 1 aromatic rings. The molecule has 2 amide bonds. The van der Waals surface area contributed by atoms with E-state index in [9.17, 15) is 14.4 Å². The van der Waals surface area contributed by atoms with Crippen molar-refractivity contribution in [3.05, 3.63) is 29.8 Å². The monoisotopic (exact) mass is 334 g/mol. The molecule has 1 aromatic carbocycles. The third-order valence-corrected chi connectivity index (χ3v) is 3.80. The molecular formula is C14H14N4O4S. The van der Waals surface area contributed by atoms with Gasteiger partial charge < -0.3 is 15.7 Å². The molecule has 1 saturated heterocycles. The number of aliphatic carboxylic acids is 1. The van der Waals surface area contributed by atoms with Gasteiger partial charge in [0.05, 0.1) is 12.6 Å². The van der Waals surface area contributed by atoms with Crippen LogP contribution in [0.1, 0.15) is 18.9 Å². The van der Waals surface area contributed by atoms with Gasteiger partial charge in [-0.25, -0.2) is 0 Å². The van der Waals surface area contributed by atoms with Crippen molar-refractivity contribution in [3.8, 4) is 0 Å². The van der Waals surface area contributed by atoms with Gasteiger partial charge in [-0.3, -0.25) is 14.4 Å². The van der Waals surface area contributed by atoms with Gasteiger partial charge in [-0.2, -0.15) is 5.10 Å². The van der Waals surface area contributed by atoms with Crippen LogP contribution in [-0.2, 0) is 14.4 Å². The largest absolute Gasteiger partial charge is 0.481 e. The lowest BCUT2D eigenvalue weighted by molar-refractivity contribution is -0.138. The standard InChI is InChI=1S/C14H14N4O4S/c1-8(19)16-10-4-2-9(3-5-10)7-15-18-14-17-13(22)11(23-14)6-12(20)21/h2-5,7,11H,6H2,1H3,(H,16,19)(H,20,21)(H,17,18,22). The molecule has 2 rings (SSSR count). The molecule has 0 aromatic heterocycles. The first-order chi connectivity index (χ1) is 10.9. The molecule has 23 heavy (non-hydrogen) atoms. The minimum Gasteiger partial charge on any atom is -0.481 e. The Bertz CT molecular complexity index is 685. The Kier molecular flexibility index (Phi) is 5.47. The SMILES string of the molecule is CC(=O)Nc1ccc(C=NN=C2NC(=O)C(CC(=O)O)S2)cc1. The summed E-state index contributed by atoms with van der Waals surface area (Å²) in [6, 6.07) is 6.96. The van der Waals surface area contributed by atoms with Crippen molar-refractivity contribution in [2.75, 3.05) is 5.32 Å². The summed E-state index contributed by atoms with van der Waals surface area (Å²) in [7, 11) is 0. The normalized spacial score (nSPS) is 19.1. The zero-order valence-electron chi connectivity index (χ0n) is 12.1. The number of hydrogen-bond donors (Lipinski definition) is 3. The number of amidine groups is 1. The Balaban J connectivity index is 1.94. The minimum absolute atomic E-state index is 0.150. The number of hydrogen-bond acceptors (Lipinski definition) is 6. The second kappa shape index (κ2) is 7.54. The number of benzene rings is 1. The number of carbonyl (C=O) groups excluding carboxylic acids is 2. The van der Waals surface area contributed by atoms with Crippen molar-refractivity contribution in [1.82, 2.24) is 5.32 Å². The molecule has 0 bridgehead atoms. The van der Waals surface area contributed by atoms with E-state index in [4.69, 9.17) is 5.11 Å². The fourth-order valence-corrected chi connectivity index (χ4v) is 2.66. The van der Waals surface area contributed by atoms with Crippen LogP contribution in [0.3, 0.4) is 0 Å². The van der Waals surface area contributed by atoms with Gasteiger partial charge in [-0.1, -0.05) is 23.9 Å². The molecule has 9 heteroatoms. The fourth-order valence-electron chi connectivity index (χ4n) is 1.75. The van der Waals surface area contributed by atoms with E-state index in [1.807, 2.05) is 0 Å². The van der Waals surface area contributed by atoms with E-state index < -0.39 is 11.2 Å². The summed E-state index contributed by atoms with van der Waals surface area (Å²) in [5.41, 5.74) is 1.44. The average Bonchev–Trinajstić information content (AvgIpc) is 2.80. The van der Waals surface area contributed by atoms with Gasteiger partial charge >= 0.3 is 5.97 Å². The number of thioether (sulfide) groups is 1. The van der Waals surface area contributed by atoms with Gasteiger partial charge in [0.1, 0.15) is 5.25 Å². The van der Waals surface area contributed by atoms with Crippen LogP contribution in [0, 0.1) is 0 Å². The van der Waals surface area contributed by atoms with Gasteiger partial charge in [-0.05, 0) is 17.7 Å². The van der Waals surface area contributed by atoms with Crippen molar-refractivity contribution in [2.24, 2.45) is 10.2 Å². The number of carboxylic acid groups (broad SMARTS) is 1. The Morgan fingerprint density at radius 3 is 2.70 bits per heavy atom. The van der Waals surface area contributed by atoms with Gasteiger partial charge in [0.15, 0.2) is 5.17 Å². The van der Waals surface area contributed by atoms with Crippen molar-refractivity contribution in [3.63, 3.8) is 0 Å². The fraction of sp³-hybridized carbons (Fsp3) is 0.214. The van der Waals surface area contributed by atoms with Crippen molar-refractivity contribution < 1.29 is 19.5 Å². The number of rotatable bonds is 5. The van der Waals surface area contributed by atoms with Crippen LogP contribution in [0.15, 0.2) is 34.5 Å². The first-order valence-corrected chi connectivity index (χ1v) is 7.50. The highest BCUT2D eigenvalue weighted by atomic mass is 32.2. The number of carbonyl (C=O) groups is 3. The van der Waals surface area contributed by atoms with Gasteiger partial charge in [0.25, 0.3) is 0 Å². The molecule has 1 atom stereocenters. The zero-order valence-corrected chi connectivity index (χ0v) is 13.0. The molecule has 1 fully saturated rings. The molecule has 0 saturated carbocycles. The highest BCUT2D eigenvalue weighted by Crippen LogP contribution is 2.22. The summed E-state index contributed by atoms with van der Waals surface area (Å²) in [6.45, 7) is 1.43. The first-order valence-electron chi connectivity index (χ1n) is 6.62. The van der Waals surface area contributed by atoms with Crippen LogP contribution in [-0.4, -0.2) is 39.5 Å². The molecule has 0 aliphatic carbocycles. The maximum absolute atomic E-state index is 11.5. The van der Waals surface area contributed by atoms with Gasteiger partial charge in [0.2, 0.25) is 11.8 Å². The highest BCUT2D eigenvalue weighted by Gasteiger charge is 2.32. The summed E-state index contributed by atoms with van der Waals surface area (Å²) >= 11 is 1.04. The molecule has 120 valence electrons. The second-order valence-electron chi connectivity index (χ2n) is 4.65. The number of amides is 2. The van der Waals surface area contributed by atoms with Crippen molar-refractivity contribution in [2.45, 2.75) is 18.6 Å². The quantitative estimate of drug-likeness (QED) is 0.549. The second-order valence-corrected chi connectivity index (χ2v) is 5.84. The van der Waals surface area contributed by atoms with Crippen molar-refractivity contribution in [1.29, 1.82) is 0 Å². The predicted molar refractivity (Wildman–Crippen MR) is 87.5 cm³/mol. The maximum Gasteiger partial charge on any atom is 0.305 e. The smallest absolute Gasteiger partial charge is 0.305 e. The lowest BCUT2D eigenvalue weighted by Crippen LogP contribution is -2.26. The Morgan fingerprint density at radius 2 is 2.09 bits per heavy atom. The lowest BCUT2D eigenvalue weighted by Gasteiger charge is -2.01. The Morgan fingerprint density at radius 1 is 1.39 bits per heavy atom. The predicted octanol–water partition coefficient (Wildman–Crippen LogP) is 1.04. The number of nitrogens with one attached hydrogen (secondary N) is 2.